The van der Waals surface area contributed by atoms with Crippen LogP contribution >= 0.6 is 0 Å². The van der Waals surface area contributed by atoms with Gasteiger partial charge in [-0.15, -0.1) is 0 Å². The van der Waals surface area contributed by atoms with Crippen molar-refractivity contribution in [3.05, 3.63) is 35.4 Å². The van der Waals surface area contributed by atoms with Crippen LogP contribution in [0.5, 0.6) is 0 Å². The van der Waals surface area contributed by atoms with Crippen LogP contribution in [0.2, 0.25) is 0 Å². The largest absolute Gasteiger partial charge is 0.395 e. The summed E-state index contributed by atoms with van der Waals surface area (Å²) in [6.07, 6.45) is 0.502. The Kier molecular flexibility index (Phi) is 6.04. The Balaban J connectivity index is 2.75. The molecule has 0 aliphatic heterocycles. The van der Waals surface area contributed by atoms with Crippen LogP contribution in [-0.4, -0.2) is 40.9 Å². The predicted octanol–water partition coefficient (Wildman–Crippen LogP) is 1.62. The van der Waals surface area contributed by atoms with E-state index in [2.05, 4.69) is 22.8 Å². The van der Waals surface area contributed by atoms with Gasteiger partial charge in [0.25, 0.3) is 0 Å². The van der Waals surface area contributed by atoms with Gasteiger partial charge in [-0.1, -0.05) is 24.0 Å². The minimum atomic E-state index is -0.238. The first kappa shape index (κ1) is 15.7. The van der Waals surface area contributed by atoms with Crippen molar-refractivity contribution in [3.8, 4) is 11.8 Å². The van der Waals surface area contributed by atoms with E-state index in [-0.39, 0.29) is 18.8 Å². The molecule has 0 heterocycles. The maximum atomic E-state index is 9.35. The third-order valence-electron chi connectivity index (χ3n) is 3.24. The number of benzene rings is 1. The fourth-order valence-electron chi connectivity index (χ4n) is 1.58. The van der Waals surface area contributed by atoms with E-state index in [9.17, 15) is 5.11 Å². The molecule has 19 heavy (non-hydrogen) atoms. The van der Waals surface area contributed by atoms with Crippen molar-refractivity contribution in [1.82, 2.24) is 4.90 Å². The highest BCUT2D eigenvalue weighted by Crippen LogP contribution is 2.15. The molecule has 1 rings (SSSR count). The number of rotatable bonds is 5. The van der Waals surface area contributed by atoms with Crippen LogP contribution in [0, 0.1) is 11.8 Å². The van der Waals surface area contributed by atoms with Crippen molar-refractivity contribution in [1.29, 1.82) is 0 Å². The molecule has 0 atom stereocenters. The molecular weight excluding hydrogens is 238 g/mol. The smallest absolute Gasteiger partial charge is 0.0610 e. The summed E-state index contributed by atoms with van der Waals surface area (Å²) in [5, 5.41) is 18.1. The molecular formula is C16H23NO2. The van der Waals surface area contributed by atoms with Crippen LogP contribution in [0.15, 0.2) is 24.3 Å². The summed E-state index contributed by atoms with van der Waals surface area (Å²) in [4.78, 5) is 2.12. The van der Waals surface area contributed by atoms with Crippen molar-refractivity contribution in [2.45, 2.75) is 32.4 Å². The number of aliphatic hydroxyl groups excluding tert-OH is 2. The van der Waals surface area contributed by atoms with Gasteiger partial charge in [-0.2, -0.15) is 0 Å². The van der Waals surface area contributed by atoms with E-state index in [1.165, 1.54) is 5.56 Å². The average Bonchev–Trinajstić information content (AvgIpc) is 2.39. The van der Waals surface area contributed by atoms with Gasteiger partial charge < -0.3 is 10.2 Å². The van der Waals surface area contributed by atoms with Crippen LogP contribution in [0.3, 0.4) is 0 Å². The van der Waals surface area contributed by atoms with Crippen LogP contribution in [-0.2, 0) is 6.54 Å². The molecule has 0 aromatic heterocycles. The Morgan fingerprint density at radius 1 is 1.26 bits per heavy atom. The first-order valence-electron chi connectivity index (χ1n) is 6.50. The van der Waals surface area contributed by atoms with Crippen molar-refractivity contribution < 1.29 is 10.2 Å². The van der Waals surface area contributed by atoms with Crippen LogP contribution in [0.1, 0.15) is 31.4 Å². The zero-order chi connectivity index (χ0) is 14.3. The van der Waals surface area contributed by atoms with E-state index in [1.54, 1.807) is 0 Å². The molecule has 0 unspecified atom stereocenters. The second-order valence-electron chi connectivity index (χ2n) is 5.30. The lowest BCUT2D eigenvalue weighted by Gasteiger charge is -2.33. The van der Waals surface area contributed by atoms with Gasteiger partial charge in [0.15, 0.2) is 0 Å². The number of nitrogens with zero attached hydrogens (tertiary/aromatic N) is 1. The Morgan fingerprint density at radius 3 is 2.63 bits per heavy atom. The third-order valence-corrected chi connectivity index (χ3v) is 3.24. The molecule has 0 aliphatic rings. The normalized spacial score (nSPS) is 11.3. The zero-order valence-electron chi connectivity index (χ0n) is 12.0. The van der Waals surface area contributed by atoms with Crippen LogP contribution in [0.25, 0.3) is 0 Å². The van der Waals surface area contributed by atoms with Gasteiger partial charge in [0.1, 0.15) is 0 Å². The van der Waals surface area contributed by atoms with Crippen molar-refractivity contribution >= 4 is 0 Å². The van der Waals surface area contributed by atoms with Gasteiger partial charge in [-0.25, -0.2) is 0 Å². The van der Waals surface area contributed by atoms with E-state index in [4.69, 9.17) is 5.11 Å². The molecule has 104 valence electrons. The molecule has 0 fully saturated rings. The van der Waals surface area contributed by atoms with E-state index in [1.807, 2.05) is 39.1 Å². The molecule has 0 aliphatic carbocycles. The lowest BCUT2D eigenvalue weighted by molar-refractivity contribution is 0.0734. The summed E-state index contributed by atoms with van der Waals surface area (Å²) < 4.78 is 0. The van der Waals surface area contributed by atoms with E-state index >= 15 is 0 Å². The van der Waals surface area contributed by atoms with Gasteiger partial charge in [0, 0.05) is 24.1 Å². The highest BCUT2D eigenvalue weighted by Gasteiger charge is 2.22. The van der Waals surface area contributed by atoms with Crippen molar-refractivity contribution in [3.63, 3.8) is 0 Å². The topological polar surface area (TPSA) is 43.7 Å². The Bertz CT molecular complexity index is 457. The summed E-state index contributed by atoms with van der Waals surface area (Å²) in [5.74, 6) is 5.95. The summed E-state index contributed by atoms with van der Waals surface area (Å²) in [5.41, 5.74) is 1.89. The molecule has 0 saturated carbocycles. The molecule has 0 bridgehead atoms. The zero-order valence-corrected chi connectivity index (χ0v) is 12.0. The molecule has 0 spiro atoms. The number of likely N-dealkylation sites (N-methyl/N-ethyl adjacent to an activating group) is 1. The lowest BCUT2D eigenvalue weighted by atomic mass is 10.0. The predicted molar refractivity (Wildman–Crippen MR) is 77.7 cm³/mol. The molecule has 0 radical (unpaired) electrons. The van der Waals surface area contributed by atoms with E-state index < -0.39 is 0 Å². The van der Waals surface area contributed by atoms with Crippen LogP contribution < -0.4 is 0 Å². The Labute approximate surface area is 115 Å². The summed E-state index contributed by atoms with van der Waals surface area (Å²) in [6, 6.07) is 8.05. The minimum Gasteiger partial charge on any atom is -0.395 e. The first-order valence-corrected chi connectivity index (χ1v) is 6.50. The van der Waals surface area contributed by atoms with Crippen LogP contribution in [0.4, 0.5) is 0 Å². The molecule has 3 nitrogen and oxygen atoms in total. The van der Waals surface area contributed by atoms with Crippen molar-refractivity contribution in [2.75, 3.05) is 20.3 Å². The number of aliphatic hydroxyl groups is 2. The van der Waals surface area contributed by atoms with Gasteiger partial charge in [0.2, 0.25) is 0 Å². The van der Waals surface area contributed by atoms with E-state index in [0.717, 1.165) is 12.1 Å². The summed E-state index contributed by atoms with van der Waals surface area (Å²) in [7, 11) is 2.00. The van der Waals surface area contributed by atoms with Gasteiger partial charge in [-0.05, 0) is 38.6 Å². The molecule has 2 N–H and O–H groups in total. The number of hydrogen-bond acceptors (Lipinski definition) is 3. The second kappa shape index (κ2) is 7.30. The summed E-state index contributed by atoms with van der Waals surface area (Å²) >= 11 is 0. The standard InChI is InChI=1S/C16H23NO2/c1-16(2,13-19)17(3)12-15-9-6-8-14(11-15)7-4-5-10-18/h6,8-9,11,18-19H,5,10,12-13H2,1-3H3. The summed E-state index contributed by atoms with van der Waals surface area (Å²) in [6.45, 7) is 5.01. The number of hydrogen-bond donors (Lipinski definition) is 2. The first-order chi connectivity index (χ1) is 8.99. The Hall–Kier alpha value is -1.34. The fraction of sp³-hybridized carbons (Fsp3) is 0.500. The lowest BCUT2D eigenvalue weighted by Crippen LogP contribution is -2.43. The SMILES string of the molecule is CN(Cc1cccc(C#CCCO)c1)C(C)(C)CO. The highest BCUT2D eigenvalue weighted by atomic mass is 16.3. The van der Waals surface area contributed by atoms with Gasteiger partial charge in [-0.3, -0.25) is 4.90 Å². The van der Waals surface area contributed by atoms with Crippen molar-refractivity contribution in [2.24, 2.45) is 0 Å². The molecule has 0 saturated heterocycles. The highest BCUT2D eigenvalue weighted by molar-refractivity contribution is 5.37. The molecule has 1 aromatic carbocycles. The minimum absolute atomic E-state index is 0.0973. The van der Waals surface area contributed by atoms with Gasteiger partial charge >= 0.3 is 0 Å². The maximum absolute atomic E-state index is 9.35. The third kappa shape index (κ3) is 5.04. The molecule has 0 amide bonds. The van der Waals surface area contributed by atoms with Gasteiger partial charge in [0.05, 0.1) is 13.2 Å². The second-order valence-corrected chi connectivity index (χ2v) is 5.30. The fourth-order valence-corrected chi connectivity index (χ4v) is 1.58. The van der Waals surface area contributed by atoms with E-state index in [0.29, 0.717) is 6.42 Å². The maximum Gasteiger partial charge on any atom is 0.0610 e. The molecule has 1 aromatic rings. The monoisotopic (exact) mass is 261 g/mol. The average molecular weight is 261 g/mol. The molecule has 3 heteroatoms. The quantitative estimate of drug-likeness (QED) is 0.792. The Morgan fingerprint density at radius 2 is 2.00 bits per heavy atom.